The van der Waals surface area contributed by atoms with E-state index in [-0.39, 0.29) is 5.75 Å². The van der Waals surface area contributed by atoms with Crippen LogP contribution in [0.4, 0.5) is 11.5 Å². The number of rotatable bonds is 4. The number of para-hydroxylation sites is 1. The Labute approximate surface area is 117 Å². The molecule has 0 atom stereocenters. The number of anilines is 2. The predicted molar refractivity (Wildman–Crippen MR) is 79.2 cm³/mol. The first-order valence-corrected chi connectivity index (χ1v) is 6.44. The van der Waals surface area contributed by atoms with Crippen LogP contribution in [0.25, 0.3) is 0 Å². The van der Waals surface area contributed by atoms with Gasteiger partial charge in [0.15, 0.2) is 11.6 Å². The highest BCUT2D eigenvalue weighted by molar-refractivity contribution is 5.61. The molecule has 4 nitrogen and oxygen atoms in total. The minimum absolute atomic E-state index is 0.143. The van der Waals surface area contributed by atoms with Crippen LogP contribution in [0, 0.1) is 0 Å². The van der Waals surface area contributed by atoms with Crippen LogP contribution >= 0.6 is 0 Å². The third-order valence-electron chi connectivity index (χ3n) is 2.97. The minimum Gasteiger partial charge on any atom is -0.503 e. The van der Waals surface area contributed by atoms with Crippen molar-refractivity contribution >= 4 is 11.5 Å². The SMILES string of the molecule is Oc1cn(Cc2ccccc2)nc1Nc1ccccc1. The van der Waals surface area contributed by atoms with E-state index < -0.39 is 0 Å². The summed E-state index contributed by atoms with van der Waals surface area (Å²) < 4.78 is 1.72. The molecule has 0 fully saturated rings. The molecule has 0 bridgehead atoms. The molecule has 0 spiro atoms. The van der Waals surface area contributed by atoms with Crippen molar-refractivity contribution in [1.29, 1.82) is 0 Å². The molecule has 0 aliphatic carbocycles. The van der Waals surface area contributed by atoms with Crippen molar-refractivity contribution in [3.63, 3.8) is 0 Å². The van der Waals surface area contributed by atoms with Gasteiger partial charge in [0.1, 0.15) is 0 Å². The zero-order valence-electron chi connectivity index (χ0n) is 10.9. The molecule has 0 aliphatic heterocycles. The molecular formula is C16H15N3O. The summed E-state index contributed by atoms with van der Waals surface area (Å²) in [6.45, 7) is 0.630. The quantitative estimate of drug-likeness (QED) is 0.760. The fraction of sp³-hybridized carbons (Fsp3) is 0.0625. The summed E-state index contributed by atoms with van der Waals surface area (Å²) >= 11 is 0. The fourth-order valence-corrected chi connectivity index (χ4v) is 2.01. The molecule has 0 saturated carbocycles. The second-order valence-electron chi connectivity index (χ2n) is 4.54. The molecule has 3 rings (SSSR count). The van der Waals surface area contributed by atoms with E-state index in [0.717, 1.165) is 11.3 Å². The monoisotopic (exact) mass is 265 g/mol. The Morgan fingerprint density at radius 3 is 2.30 bits per heavy atom. The summed E-state index contributed by atoms with van der Waals surface area (Å²) in [5.74, 6) is 0.608. The van der Waals surface area contributed by atoms with Crippen LogP contribution in [0.1, 0.15) is 5.56 Å². The fourth-order valence-electron chi connectivity index (χ4n) is 2.01. The van der Waals surface area contributed by atoms with Crippen molar-refractivity contribution in [2.75, 3.05) is 5.32 Å². The van der Waals surface area contributed by atoms with Gasteiger partial charge in [-0.25, -0.2) is 0 Å². The van der Waals surface area contributed by atoms with Gasteiger partial charge < -0.3 is 10.4 Å². The smallest absolute Gasteiger partial charge is 0.194 e. The molecule has 0 radical (unpaired) electrons. The molecule has 1 aromatic heterocycles. The van der Waals surface area contributed by atoms with E-state index in [1.807, 2.05) is 60.7 Å². The molecular weight excluding hydrogens is 250 g/mol. The molecule has 0 unspecified atom stereocenters. The predicted octanol–water partition coefficient (Wildman–Crippen LogP) is 3.38. The zero-order chi connectivity index (χ0) is 13.8. The molecule has 2 aromatic carbocycles. The van der Waals surface area contributed by atoms with E-state index >= 15 is 0 Å². The first-order chi connectivity index (χ1) is 9.81. The lowest BCUT2D eigenvalue weighted by atomic mass is 10.2. The molecule has 0 saturated heterocycles. The van der Waals surface area contributed by atoms with Crippen LogP contribution in [-0.4, -0.2) is 14.9 Å². The van der Waals surface area contributed by atoms with Crippen LogP contribution in [-0.2, 0) is 6.54 Å². The highest BCUT2D eigenvalue weighted by atomic mass is 16.3. The average Bonchev–Trinajstić information content (AvgIpc) is 2.81. The molecule has 3 aromatic rings. The lowest BCUT2D eigenvalue weighted by Crippen LogP contribution is -2.01. The minimum atomic E-state index is 0.143. The Hall–Kier alpha value is -2.75. The average molecular weight is 265 g/mol. The molecule has 20 heavy (non-hydrogen) atoms. The Bertz CT molecular complexity index is 677. The number of nitrogens with zero attached hydrogens (tertiary/aromatic N) is 2. The van der Waals surface area contributed by atoms with Crippen molar-refractivity contribution in [2.24, 2.45) is 0 Å². The van der Waals surface area contributed by atoms with Crippen molar-refractivity contribution in [3.8, 4) is 5.75 Å². The van der Waals surface area contributed by atoms with E-state index in [4.69, 9.17) is 0 Å². The lowest BCUT2D eigenvalue weighted by Gasteiger charge is -2.03. The van der Waals surface area contributed by atoms with Gasteiger partial charge in [0, 0.05) is 5.69 Å². The Morgan fingerprint density at radius 1 is 0.950 bits per heavy atom. The van der Waals surface area contributed by atoms with Crippen LogP contribution < -0.4 is 5.32 Å². The van der Waals surface area contributed by atoms with E-state index in [0.29, 0.717) is 12.4 Å². The normalized spacial score (nSPS) is 10.4. The number of aromatic hydroxyl groups is 1. The van der Waals surface area contributed by atoms with Gasteiger partial charge in [-0.15, -0.1) is 0 Å². The van der Waals surface area contributed by atoms with Gasteiger partial charge in [-0.3, -0.25) is 4.68 Å². The van der Waals surface area contributed by atoms with Crippen molar-refractivity contribution in [2.45, 2.75) is 6.54 Å². The molecule has 2 N–H and O–H groups in total. The maximum atomic E-state index is 9.92. The number of hydrogen-bond acceptors (Lipinski definition) is 3. The molecule has 0 aliphatic rings. The van der Waals surface area contributed by atoms with Crippen molar-refractivity contribution in [1.82, 2.24) is 9.78 Å². The number of aromatic nitrogens is 2. The molecule has 4 heteroatoms. The summed E-state index contributed by atoms with van der Waals surface area (Å²) in [7, 11) is 0. The standard InChI is InChI=1S/C16H15N3O/c20-15-12-19(11-13-7-3-1-4-8-13)18-16(15)17-14-9-5-2-6-10-14/h1-10,12,20H,11H2,(H,17,18). The van der Waals surface area contributed by atoms with E-state index in [9.17, 15) is 5.11 Å². The molecule has 1 heterocycles. The Balaban J connectivity index is 1.77. The second kappa shape index (κ2) is 5.48. The highest BCUT2D eigenvalue weighted by Crippen LogP contribution is 2.24. The van der Waals surface area contributed by atoms with Gasteiger partial charge >= 0.3 is 0 Å². The number of nitrogens with one attached hydrogen (secondary N) is 1. The number of hydrogen-bond donors (Lipinski definition) is 2. The summed E-state index contributed by atoms with van der Waals surface area (Å²) in [5, 5.41) is 17.4. The third kappa shape index (κ3) is 2.80. The third-order valence-corrected chi connectivity index (χ3v) is 2.97. The summed E-state index contributed by atoms with van der Waals surface area (Å²) in [6.07, 6.45) is 1.62. The van der Waals surface area contributed by atoms with Gasteiger partial charge in [0.25, 0.3) is 0 Å². The summed E-state index contributed by atoms with van der Waals surface area (Å²) in [6, 6.07) is 19.7. The van der Waals surface area contributed by atoms with Crippen LogP contribution in [0.2, 0.25) is 0 Å². The van der Waals surface area contributed by atoms with Gasteiger partial charge in [0.2, 0.25) is 0 Å². The first kappa shape index (κ1) is 12.3. The van der Waals surface area contributed by atoms with E-state index in [2.05, 4.69) is 10.4 Å². The summed E-state index contributed by atoms with van der Waals surface area (Å²) in [4.78, 5) is 0. The highest BCUT2D eigenvalue weighted by Gasteiger charge is 2.08. The maximum Gasteiger partial charge on any atom is 0.194 e. The van der Waals surface area contributed by atoms with E-state index in [1.54, 1.807) is 10.9 Å². The van der Waals surface area contributed by atoms with Crippen LogP contribution in [0.3, 0.4) is 0 Å². The van der Waals surface area contributed by atoms with Gasteiger partial charge in [-0.05, 0) is 17.7 Å². The first-order valence-electron chi connectivity index (χ1n) is 6.44. The topological polar surface area (TPSA) is 50.1 Å². The number of benzene rings is 2. The van der Waals surface area contributed by atoms with Crippen LogP contribution in [0.15, 0.2) is 66.9 Å². The van der Waals surface area contributed by atoms with Crippen molar-refractivity contribution < 1.29 is 5.11 Å². The summed E-state index contributed by atoms with van der Waals surface area (Å²) in [5.41, 5.74) is 2.04. The van der Waals surface area contributed by atoms with Gasteiger partial charge in [-0.1, -0.05) is 48.5 Å². The van der Waals surface area contributed by atoms with Gasteiger partial charge in [0.05, 0.1) is 12.7 Å². The van der Waals surface area contributed by atoms with E-state index in [1.165, 1.54) is 0 Å². The van der Waals surface area contributed by atoms with Crippen LogP contribution in [0.5, 0.6) is 5.75 Å². The second-order valence-corrected chi connectivity index (χ2v) is 4.54. The maximum absolute atomic E-state index is 9.92. The molecule has 0 amide bonds. The van der Waals surface area contributed by atoms with Gasteiger partial charge in [-0.2, -0.15) is 5.10 Å². The lowest BCUT2D eigenvalue weighted by molar-refractivity contribution is 0.476. The van der Waals surface area contributed by atoms with Crippen molar-refractivity contribution in [3.05, 3.63) is 72.4 Å². The largest absolute Gasteiger partial charge is 0.503 e. The molecule has 100 valence electrons. The Morgan fingerprint density at radius 2 is 1.60 bits per heavy atom. The Kier molecular flexibility index (Phi) is 3.37. The zero-order valence-corrected chi connectivity index (χ0v) is 10.9.